The molecule has 6 heterocycles. The van der Waals surface area contributed by atoms with Gasteiger partial charge >= 0.3 is 5.97 Å². The molecule has 1 unspecified atom stereocenters. The van der Waals surface area contributed by atoms with Gasteiger partial charge in [-0.05, 0) is 141 Å². The maximum atomic E-state index is 13.7. The number of rotatable bonds is 15. The van der Waals surface area contributed by atoms with Gasteiger partial charge in [-0.3, -0.25) is 29.9 Å². The number of para-hydroxylation sites is 1. The minimum atomic E-state index is -1.10. The van der Waals surface area contributed by atoms with Crippen molar-refractivity contribution in [3.05, 3.63) is 130 Å². The van der Waals surface area contributed by atoms with E-state index in [1.807, 2.05) is 103 Å². The predicted octanol–water partition coefficient (Wildman–Crippen LogP) is 9.77. The lowest BCUT2D eigenvalue weighted by atomic mass is 9.84. The van der Waals surface area contributed by atoms with E-state index in [-0.39, 0.29) is 35.4 Å². The first kappa shape index (κ1) is 48.3. The number of ether oxygens (including phenoxy) is 1. The van der Waals surface area contributed by atoms with Crippen molar-refractivity contribution in [2.24, 2.45) is 5.92 Å². The van der Waals surface area contributed by atoms with Crippen LogP contribution < -0.4 is 20.3 Å². The SMILES string of the molecule is Cc1c(OC2CCC(CCCCN3CCN(Cc4nc5ccc(C6CCC(=O)NC6=O)cc5o4)CC3)CC2)cccc1-c1ccc(N2CCc3cccc(C(=O)Nc4nc5ccccc5s4)c3C2)nc1C(=O)O. The molecular weight excluding hydrogens is 941 g/mol. The van der Waals surface area contributed by atoms with E-state index in [1.165, 1.54) is 30.6 Å². The molecule has 73 heavy (non-hydrogen) atoms. The number of fused-ring (bicyclic) bond motifs is 3. The van der Waals surface area contributed by atoms with Gasteiger partial charge < -0.3 is 24.1 Å². The van der Waals surface area contributed by atoms with Crippen LogP contribution in [0.4, 0.5) is 10.9 Å². The van der Waals surface area contributed by atoms with Crippen molar-refractivity contribution in [1.82, 2.24) is 30.1 Å². The van der Waals surface area contributed by atoms with Gasteiger partial charge in [-0.2, -0.15) is 0 Å². The monoisotopic (exact) mass is 1000 g/mol. The fourth-order valence-electron chi connectivity index (χ4n) is 11.3. The third kappa shape index (κ3) is 10.7. The van der Waals surface area contributed by atoms with E-state index in [0.29, 0.717) is 78.4 Å². The minimum absolute atomic E-state index is 0.0181. The molecule has 3 fully saturated rings. The number of benzene rings is 4. The highest BCUT2D eigenvalue weighted by Crippen LogP contribution is 2.38. The quantitative estimate of drug-likeness (QED) is 0.0653. The molecule has 1 atom stereocenters. The van der Waals surface area contributed by atoms with Crippen LogP contribution >= 0.6 is 11.3 Å². The van der Waals surface area contributed by atoms with Crippen LogP contribution in [0.3, 0.4) is 0 Å². The summed E-state index contributed by atoms with van der Waals surface area (Å²) in [6, 6.07) is 28.9. The van der Waals surface area contributed by atoms with E-state index in [4.69, 9.17) is 19.1 Å². The number of oxazole rings is 1. The number of carboxylic acids is 1. The first-order valence-electron chi connectivity index (χ1n) is 25.8. The molecule has 7 aromatic rings. The summed E-state index contributed by atoms with van der Waals surface area (Å²) in [5.41, 5.74) is 7.91. The Labute approximate surface area is 428 Å². The molecule has 2 saturated heterocycles. The lowest BCUT2D eigenvalue weighted by molar-refractivity contribution is -0.134. The number of imide groups is 1. The number of carboxylic acid groups (broad SMARTS) is 1. The molecule has 376 valence electrons. The van der Waals surface area contributed by atoms with Crippen LogP contribution in [0.25, 0.3) is 32.4 Å². The van der Waals surface area contributed by atoms with Crippen LogP contribution in [0.1, 0.15) is 113 Å². The Morgan fingerprint density at radius 1 is 0.822 bits per heavy atom. The molecule has 15 nitrogen and oxygen atoms in total. The number of nitrogens with one attached hydrogen (secondary N) is 2. The zero-order valence-electron chi connectivity index (χ0n) is 41.1. The average Bonchev–Trinajstić information content (AvgIpc) is 4.01. The van der Waals surface area contributed by atoms with Gasteiger partial charge in [0.25, 0.3) is 5.91 Å². The van der Waals surface area contributed by atoms with E-state index in [9.17, 15) is 24.3 Å². The predicted molar refractivity (Wildman–Crippen MR) is 281 cm³/mol. The maximum absolute atomic E-state index is 13.7. The van der Waals surface area contributed by atoms with Crippen molar-refractivity contribution in [2.75, 3.05) is 49.5 Å². The summed E-state index contributed by atoms with van der Waals surface area (Å²) in [6.45, 7) is 8.78. The number of thiazole rings is 1. The number of piperidine rings is 1. The van der Waals surface area contributed by atoms with Gasteiger partial charge in [-0.1, -0.05) is 66.6 Å². The molecule has 3 amide bonds. The standard InChI is InChI=1S/C57H60N8O7S/c1-35-40(42-20-23-50(60-53(42)56(69)70)65-27-25-37-9-6-11-43(44(37)33-65)55(68)62-57-59-46-12-2-3-14-49(46)73-57)10-7-13-47(35)71-39-18-15-36(16-19-39)8-4-5-26-63-28-30-64(31-29-63)34-52-58-45-22-17-38(32-48(45)72-52)41-21-24-51(66)61-54(41)67/h2-3,6-7,9-14,17,20,22-23,32,36,39,41H,4-5,8,15-16,18-19,21,24-31,33-34H2,1H3,(H,69,70)(H,59,62,68)(H,61,66,67). The van der Waals surface area contributed by atoms with Crippen molar-refractivity contribution >= 4 is 67.3 Å². The number of amides is 3. The molecule has 1 aliphatic carbocycles. The summed E-state index contributed by atoms with van der Waals surface area (Å²) >= 11 is 1.44. The summed E-state index contributed by atoms with van der Waals surface area (Å²) in [5, 5.41) is 16.5. The number of pyridine rings is 1. The summed E-state index contributed by atoms with van der Waals surface area (Å²) < 4.78 is 13.8. The molecule has 11 rings (SSSR count). The van der Waals surface area contributed by atoms with Crippen molar-refractivity contribution in [3.63, 3.8) is 0 Å². The molecular formula is C57H60N8O7S. The van der Waals surface area contributed by atoms with Crippen LogP contribution in [0.2, 0.25) is 0 Å². The van der Waals surface area contributed by atoms with Crippen LogP contribution in [-0.4, -0.2) is 98.9 Å². The molecule has 1 saturated carbocycles. The first-order chi connectivity index (χ1) is 35.6. The summed E-state index contributed by atoms with van der Waals surface area (Å²) in [6.07, 6.45) is 9.57. The third-order valence-corrected chi connectivity index (χ3v) is 16.3. The molecule has 0 radical (unpaired) electrons. The molecule has 0 bridgehead atoms. The third-order valence-electron chi connectivity index (χ3n) is 15.4. The zero-order chi connectivity index (χ0) is 50.0. The van der Waals surface area contributed by atoms with Crippen molar-refractivity contribution < 1.29 is 33.4 Å². The normalized spacial score (nSPS) is 19.7. The first-order valence-corrected chi connectivity index (χ1v) is 26.6. The Kier molecular flexibility index (Phi) is 14.0. The van der Waals surface area contributed by atoms with Crippen molar-refractivity contribution in [1.29, 1.82) is 0 Å². The van der Waals surface area contributed by atoms with E-state index < -0.39 is 5.97 Å². The summed E-state index contributed by atoms with van der Waals surface area (Å²) in [7, 11) is 0. The topological polar surface area (TPSA) is 183 Å². The Morgan fingerprint density at radius 3 is 2.47 bits per heavy atom. The summed E-state index contributed by atoms with van der Waals surface area (Å²) in [5.74, 6) is 0.571. The highest BCUT2D eigenvalue weighted by atomic mass is 32.1. The highest BCUT2D eigenvalue weighted by molar-refractivity contribution is 7.22. The molecule has 4 aromatic carbocycles. The average molecular weight is 1000 g/mol. The highest BCUT2D eigenvalue weighted by Gasteiger charge is 2.30. The fraction of sp³-hybridized carbons (Fsp3) is 0.386. The van der Waals surface area contributed by atoms with Gasteiger partial charge in [-0.15, -0.1) is 0 Å². The Balaban J connectivity index is 0.635. The van der Waals surface area contributed by atoms with Gasteiger partial charge in [0.2, 0.25) is 17.7 Å². The molecule has 3 N–H and O–H groups in total. The number of hydrogen-bond donors (Lipinski definition) is 3. The van der Waals surface area contributed by atoms with Gasteiger partial charge in [0.15, 0.2) is 16.4 Å². The largest absolute Gasteiger partial charge is 0.490 e. The lowest BCUT2D eigenvalue weighted by Gasteiger charge is -2.34. The number of hydrogen-bond acceptors (Lipinski definition) is 13. The van der Waals surface area contributed by atoms with Gasteiger partial charge in [0, 0.05) is 56.8 Å². The number of aromatic nitrogens is 3. The maximum Gasteiger partial charge on any atom is 0.355 e. The number of piperazine rings is 1. The number of unbranched alkanes of at least 4 members (excludes halogenated alkanes) is 1. The number of aromatic carboxylic acids is 1. The fourth-order valence-corrected chi connectivity index (χ4v) is 12.1. The Bertz CT molecular complexity index is 3180. The zero-order valence-corrected chi connectivity index (χ0v) is 41.9. The molecule has 4 aliphatic rings. The molecule has 3 aliphatic heterocycles. The van der Waals surface area contributed by atoms with Crippen molar-refractivity contribution in [3.8, 4) is 16.9 Å². The molecule has 3 aromatic heterocycles. The van der Waals surface area contributed by atoms with Gasteiger partial charge in [-0.25, -0.2) is 19.7 Å². The number of carbonyl (C=O) groups is 4. The van der Waals surface area contributed by atoms with Gasteiger partial charge in [0.1, 0.15) is 17.1 Å². The second-order valence-corrected chi connectivity index (χ2v) is 21.1. The van der Waals surface area contributed by atoms with Gasteiger partial charge in [0.05, 0.1) is 28.8 Å². The van der Waals surface area contributed by atoms with Crippen LogP contribution in [0, 0.1) is 12.8 Å². The second kappa shape index (κ2) is 21.2. The minimum Gasteiger partial charge on any atom is -0.490 e. The summed E-state index contributed by atoms with van der Waals surface area (Å²) in [4.78, 5) is 71.6. The Hall–Kier alpha value is -7.01. The smallest absolute Gasteiger partial charge is 0.355 e. The second-order valence-electron chi connectivity index (χ2n) is 20.1. The van der Waals surface area contributed by atoms with Crippen molar-refractivity contribution in [2.45, 2.75) is 96.2 Å². The van der Waals surface area contributed by atoms with Crippen LogP contribution in [0.5, 0.6) is 5.75 Å². The lowest BCUT2D eigenvalue weighted by Crippen LogP contribution is -2.46. The Morgan fingerprint density at radius 2 is 1.64 bits per heavy atom. The van der Waals surface area contributed by atoms with Crippen LogP contribution in [-0.2, 0) is 29.1 Å². The molecule has 16 heteroatoms. The van der Waals surface area contributed by atoms with Crippen LogP contribution in [0.15, 0.2) is 95.4 Å². The van der Waals surface area contributed by atoms with E-state index in [0.717, 1.165) is 108 Å². The number of anilines is 2. The van der Waals surface area contributed by atoms with E-state index in [1.54, 1.807) is 0 Å². The molecule has 0 spiro atoms. The number of carbonyl (C=O) groups excluding carboxylic acids is 3. The van der Waals surface area contributed by atoms with E-state index in [2.05, 4.69) is 25.4 Å². The van der Waals surface area contributed by atoms with E-state index >= 15 is 0 Å². The number of nitrogens with zero attached hydrogens (tertiary/aromatic N) is 6.